The molecule has 0 atom stereocenters. The van der Waals surface area contributed by atoms with Crippen molar-refractivity contribution in [3.63, 3.8) is 0 Å². The topological polar surface area (TPSA) is 48.1 Å². The highest BCUT2D eigenvalue weighted by atomic mass is 19.1. The minimum atomic E-state index is -0.312. The van der Waals surface area contributed by atoms with Crippen LogP contribution in [0.4, 0.5) is 4.39 Å². The smallest absolute Gasteiger partial charge is 0.253 e. The Morgan fingerprint density at radius 1 is 1.42 bits per heavy atom. The number of amides is 1. The van der Waals surface area contributed by atoms with Crippen LogP contribution in [0.1, 0.15) is 16.1 Å². The van der Waals surface area contributed by atoms with E-state index in [4.69, 9.17) is 0 Å². The highest BCUT2D eigenvalue weighted by Crippen LogP contribution is 2.22. The summed E-state index contributed by atoms with van der Waals surface area (Å²) in [5, 5.41) is 3.62. The van der Waals surface area contributed by atoms with E-state index in [1.54, 1.807) is 6.07 Å². The summed E-state index contributed by atoms with van der Waals surface area (Å²) in [7, 11) is 3.90. The van der Waals surface area contributed by atoms with Crippen molar-refractivity contribution in [2.45, 2.75) is 6.92 Å². The SMILES string of the molecule is Cc1[nH]c2cc(F)ccc2c1C(=O)NCCN(C)C. The number of carbonyl (C=O) groups excluding carboxylic acids is 1. The normalized spacial score (nSPS) is 11.2. The maximum absolute atomic E-state index is 13.1. The van der Waals surface area contributed by atoms with Crippen LogP contribution in [0.5, 0.6) is 0 Å². The number of rotatable bonds is 4. The molecule has 0 saturated carbocycles. The van der Waals surface area contributed by atoms with Gasteiger partial charge in [-0.15, -0.1) is 0 Å². The van der Waals surface area contributed by atoms with Gasteiger partial charge in [-0.1, -0.05) is 0 Å². The zero-order chi connectivity index (χ0) is 14.0. The van der Waals surface area contributed by atoms with Crippen LogP contribution in [0.2, 0.25) is 0 Å². The van der Waals surface area contributed by atoms with Gasteiger partial charge in [0.1, 0.15) is 5.82 Å². The van der Waals surface area contributed by atoms with Gasteiger partial charge in [-0.05, 0) is 39.2 Å². The molecule has 0 bridgehead atoms. The van der Waals surface area contributed by atoms with Gasteiger partial charge in [0.25, 0.3) is 5.91 Å². The molecule has 0 aliphatic heterocycles. The number of aromatic amines is 1. The van der Waals surface area contributed by atoms with Crippen molar-refractivity contribution in [2.75, 3.05) is 27.2 Å². The number of aryl methyl sites for hydroxylation is 1. The summed E-state index contributed by atoms with van der Waals surface area (Å²) in [6, 6.07) is 4.40. The van der Waals surface area contributed by atoms with Gasteiger partial charge in [0.15, 0.2) is 0 Å². The fourth-order valence-electron chi connectivity index (χ4n) is 2.08. The minimum Gasteiger partial charge on any atom is -0.358 e. The lowest BCUT2D eigenvalue weighted by Gasteiger charge is -2.10. The Kier molecular flexibility index (Phi) is 3.85. The monoisotopic (exact) mass is 263 g/mol. The van der Waals surface area contributed by atoms with Crippen LogP contribution in [-0.4, -0.2) is 43.0 Å². The summed E-state index contributed by atoms with van der Waals surface area (Å²) in [5.74, 6) is -0.439. The molecule has 4 nitrogen and oxygen atoms in total. The van der Waals surface area contributed by atoms with E-state index in [-0.39, 0.29) is 11.7 Å². The quantitative estimate of drug-likeness (QED) is 0.885. The molecule has 1 aromatic carbocycles. The second-order valence-corrected chi connectivity index (χ2v) is 4.87. The summed E-state index contributed by atoms with van der Waals surface area (Å²) in [6.45, 7) is 3.18. The summed E-state index contributed by atoms with van der Waals surface area (Å²) in [4.78, 5) is 17.2. The number of H-pyrrole nitrogens is 1. The van der Waals surface area contributed by atoms with E-state index in [1.165, 1.54) is 12.1 Å². The number of carbonyl (C=O) groups is 1. The first-order valence-electron chi connectivity index (χ1n) is 6.20. The van der Waals surface area contributed by atoms with Crippen molar-refractivity contribution in [3.8, 4) is 0 Å². The van der Waals surface area contributed by atoms with Gasteiger partial charge in [-0.2, -0.15) is 0 Å². The molecule has 5 heteroatoms. The minimum absolute atomic E-state index is 0.128. The third-order valence-corrected chi connectivity index (χ3v) is 3.02. The Labute approximate surface area is 111 Å². The lowest BCUT2D eigenvalue weighted by Crippen LogP contribution is -2.31. The van der Waals surface area contributed by atoms with Gasteiger partial charge in [0, 0.05) is 29.7 Å². The highest BCUT2D eigenvalue weighted by molar-refractivity contribution is 6.08. The third-order valence-electron chi connectivity index (χ3n) is 3.02. The summed E-state index contributed by atoms with van der Waals surface area (Å²) in [6.07, 6.45) is 0. The van der Waals surface area contributed by atoms with Crippen LogP contribution in [0.15, 0.2) is 18.2 Å². The highest BCUT2D eigenvalue weighted by Gasteiger charge is 2.15. The second-order valence-electron chi connectivity index (χ2n) is 4.87. The zero-order valence-corrected chi connectivity index (χ0v) is 11.4. The van der Waals surface area contributed by atoms with Crippen LogP contribution < -0.4 is 5.32 Å². The molecule has 0 aliphatic carbocycles. The van der Waals surface area contributed by atoms with Gasteiger partial charge in [-0.25, -0.2) is 4.39 Å². The summed E-state index contributed by atoms with van der Waals surface area (Å²) < 4.78 is 13.1. The molecule has 1 heterocycles. The molecule has 0 spiro atoms. The Morgan fingerprint density at radius 3 is 2.84 bits per heavy atom. The first-order valence-corrected chi connectivity index (χ1v) is 6.20. The van der Waals surface area contributed by atoms with E-state index in [9.17, 15) is 9.18 Å². The first-order chi connectivity index (χ1) is 8.99. The van der Waals surface area contributed by atoms with Crippen molar-refractivity contribution >= 4 is 16.8 Å². The van der Waals surface area contributed by atoms with E-state index >= 15 is 0 Å². The third kappa shape index (κ3) is 2.93. The van der Waals surface area contributed by atoms with Crippen molar-refractivity contribution in [2.24, 2.45) is 0 Å². The number of fused-ring (bicyclic) bond motifs is 1. The van der Waals surface area contributed by atoms with E-state index in [0.717, 1.165) is 17.6 Å². The fraction of sp³-hybridized carbons (Fsp3) is 0.357. The van der Waals surface area contributed by atoms with Crippen molar-refractivity contribution in [3.05, 3.63) is 35.3 Å². The number of nitrogens with one attached hydrogen (secondary N) is 2. The molecule has 0 aliphatic rings. The molecular weight excluding hydrogens is 245 g/mol. The fourth-order valence-corrected chi connectivity index (χ4v) is 2.08. The predicted octanol–water partition coefficient (Wildman–Crippen LogP) is 1.91. The Hall–Kier alpha value is -1.88. The van der Waals surface area contributed by atoms with Crippen molar-refractivity contribution < 1.29 is 9.18 Å². The average Bonchev–Trinajstić information content (AvgIpc) is 2.63. The first kappa shape index (κ1) is 13.5. The summed E-state index contributed by atoms with van der Waals surface area (Å²) in [5.41, 5.74) is 1.99. The van der Waals surface area contributed by atoms with Gasteiger partial charge < -0.3 is 15.2 Å². The molecule has 0 unspecified atom stereocenters. The summed E-state index contributed by atoms with van der Waals surface area (Å²) >= 11 is 0. The standard InChI is InChI=1S/C14H18FN3O/c1-9-13(14(19)16-6-7-18(2)3)11-5-4-10(15)8-12(11)17-9/h4-5,8,17H,6-7H2,1-3H3,(H,16,19). The van der Waals surface area contributed by atoms with Crippen LogP contribution >= 0.6 is 0 Å². The van der Waals surface area contributed by atoms with Gasteiger partial charge in [0.2, 0.25) is 0 Å². The van der Waals surface area contributed by atoms with E-state index in [2.05, 4.69) is 10.3 Å². The number of likely N-dealkylation sites (N-methyl/N-ethyl adjacent to an activating group) is 1. The maximum atomic E-state index is 13.1. The van der Waals surface area contributed by atoms with Gasteiger partial charge >= 0.3 is 0 Å². The number of hydrogen-bond acceptors (Lipinski definition) is 2. The second kappa shape index (κ2) is 5.40. The van der Waals surface area contributed by atoms with Crippen LogP contribution in [0.25, 0.3) is 10.9 Å². The number of benzene rings is 1. The van der Waals surface area contributed by atoms with Crippen LogP contribution in [-0.2, 0) is 0 Å². The molecule has 2 aromatic rings. The van der Waals surface area contributed by atoms with E-state index in [1.807, 2.05) is 25.9 Å². The number of nitrogens with zero attached hydrogens (tertiary/aromatic N) is 1. The number of halogens is 1. The van der Waals surface area contributed by atoms with Crippen LogP contribution in [0, 0.1) is 12.7 Å². The van der Waals surface area contributed by atoms with Crippen molar-refractivity contribution in [1.29, 1.82) is 0 Å². The number of aromatic nitrogens is 1. The average molecular weight is 263 g/mol. The lowest BCUT2D eigenvalue weighted by molar-refractivity contribution is 0.0952. The molecule has 2 rings (SSSR count). The molecule has 1 aromatic heterocycles. The van der Waals surface area contributed by atoms with E-state index in [0.29, 0.717) is 17.6 Å². The number of hydrogen-bond donors (Lipinski definition) is 2. The van der Waals surface area contributed by atoms with E-state index < -0.39 is 0 Å². The van der Waals surface area contributed by atoms with Gasteiger partial charge in [0.05, 0.1) is 5.56 Å². The molecular formula is C14H18FN3O. The molecule has 2 N–H and O–H groups in total. The molecule has 1 amide bonds. The van der Waals surface area contributed by atoms with Crippen LogP contribution in [0.3, 0.4) is 0 Å². The molecule has 102 valence electrons. The lowest BCUT2D eigenvalue weighted by atomic mass is 10.1. The van der Waals surface area contributed by atoms with Gasteiger partial charge in [-0.3, -0.25) is 4.79 Å². The Bertz CT molecular complexity index is 604. The molecule has 0 fully saturated rings. The Morgan fingerprint density at radius 2 is 2.16 bits per heavy atom. The molecule has 0 radical (unpaired) electrons. The molecule has 19 heavy (non-hydrogen) atoms. The Balaban J connectivity index is 2.24. The predicted molar refractivity (Wildman–Crippen MR) is 73.9 cm³/mol. The largest absolute Gasteiger partial charge is 0.358 e. The maximum Gasteiger partial charge on any atom is 0.253 e. The van der Waals surface area contributed by atoms with Crippen molar-refractivity contribution in [1.82, 2.24) is 15.2 Å². The molecule has 0 saturated heterocycles. The zero-order valence-electron chi connectivity index (χ0n) is 11.4.